The van der Waals surface area contributed by atoms with Crippen LogP contribution >= 0.6 is 0 Å². The normalized spacial score (nSPS) is 30.2. The Morgan fingerprint density at radius 2 is 1.70 bits per heavy atom. The number of hydrogen-bond donors (Lipinski definition) is 2. The first kappa shape index (κ1) is 21.6. The fourth-order valence-corrected chi connectivity index (χ4v) is 8.23. The third-order valence-corrected chi connectivity index (χ3v) is 10.4. The number of aliphatic hydroxyl groups is 1. The lowest BCUT2D eigenvalue weighted by Crippen LogP contribution is -2.45. The molecule has 3 aliphatic carbocycles. The Labute approximate surface area is 195 Å². The molecule has 0 aromatic heterocycles. The molecule has 6 rings (SSSR count). The maximum absolute atomic E-state index is 15.6. The Kier molecular flexibility index (Phi) is 4.75. The summed E-state index contributed by atoms with van der Waals surface area (Å²) in [5.74, 6) is 0.244. The van der Waals surface area contributed by atoms with Gasteiger partial charge in [-0.05, 0) is 53.9 Å². The van der Waals surface area contributed by atoms with Crippen molar-refractivity contribution in [3.05, 3.63) is 65.0 Å². The van der Waals surface area contributed by atoms with Gasteiger partial charge in [-0.1, -0.05) is 43.3 Å². The molecule has 5 nitrogen and oxygen atoms in total. The molecule has 33 heavy (non-hydrogen) atoms. The average Bonchev–Trinajstić information content (AvgIpc) is 3.64. The highest BCUT2D eigenvalue weighted by Crippen LogP contribution is 2.66. The molecule has 4 aliphatic rings. The van der Waals surface area contributed by atoms with E-state index in [9.17, 15) is 13.5 Å². The minimum atomic E-state index is -3.51. The number of piperidine rings is 1. The molecule has 1 aliphatic heterocycles. The van der Waals surface area contributed by atoms with Gasteiger partial charge in [0.2, 0.25) is 10.0 Å². The number of hydrogen-bond acceptors (Lipinski definition) is 4. The van der Waals surface area contributed by atoms with Crippen molar-refractivity contribution in [1.82, 2.24) is 4.90 Å². The monoisotopic (exact) mass is 470 g/mol. The zero-order valence-corrected chi connectivity index (χ0v) is 19.7. The Morgan fingerprint density at radius 3 is 2.27 bits per heavy atom. The summed E-state index contributed by atoms with van der Waals surface area (Å²) >= 11 is 0. The van der Waals surface area contributed by atoms with Crippen LogP contribution in [0.4, 0.5) is 10.1 Å². The average molecular weight is 471 g/mol. The minimum absolute atomic E-state index is 0.0760. The quantitative estimate of drug-likeness (QED) is 0.650. The predicted molar refractivity (Wildman–Crippen MR) is 126 cm³/mol. The van der Waals surface area contributed by atoms with E-state index >= 15 is 4.39 Å². The van der Waals surface area contributed by atoms with Crippen LogP contribution in [0, 0.1) is 17.7 Å². The van der Waals surface area contributed by atoms with Gasteiger partial charge in [-0.25, -0.2) is 12.8 Å². The van der Waals surface area contributed by atoms with Crippen LogP contribution in [0.1, 0.15) is 42.9 Å². The summed E-state index contributed by atoms with van der Waals surface area (Å²) in [6, 6.07) is 13.4. The molecule has 2 atom stereocenters. The number of nitrogens with zero attached hydrogens (tertiary/aromatic N) is 1. The lowest BCUT2D eigenvalue weighted by Gasteiger charge is -2.32. The van der Waals surface area contributed by atoms with Gasteiger partial charge in [-0.2, -0.15) is 0 Å². The summed E-state index contributed by atoms with van der Waals surface area (Å²) in [6.45, 7) is 4.42. The number of benzene rings is 2. The number of anilines is 1. The number of rotatable bonds is 7. The van der Waals surface area contributed by atoms with Gasteiger partial charge in [-0.3, -0.25) is 9.62 Å². The highest BCUT2D eigenvalue weighted by atomic mass is 32.2. The van der Waals surface area contributed by atoms with Crippen molar-refractivity contribution in [2.75, 3.05) is 24.4 Å². The summed E-state index contributed by atoms with van der Waals surface area (Å²) in [6.07, 6.45) is 3.49. The molecule has 0 spiro atoms. The lowest BCUT2D eigenvalue weighted by molar-refractivity contribution is 0.0138. The zero-order chi connectivity index (χ0) is 23.0. The largest absolute Gasteiger partial charge is 0.388 e. The van der Waals surface area contributed by atoms with Crippen molar-refractivity contribution in [2.45, 2.75) is 55.3 Å². The van der Waals surface area contributed by atoms with E-state index in [1.165, 1.54) is 17.2 Å². The first-order valence-corrected chi connectivity index (χ1v) is 13.6. The molecule has 176 valence electrons. The molecule has 0 amide bonds. The molecule has 2 aromatic carbocycles. The van der Waals surface area contributed by atoms with Crippen LogP contribution in [-0.2, 0) is 28.3 Å². The molecule has 2 N–H and O–H groups in total. The maximum atomic E-state index is 15.6. The van der Waals surface area contributed by atoms with Gasteiger partial charge in [0.05, 0.1) is 16.5 Å². The second-order valence-electron chi connectivity index (χ2n) is 10.7. The van der Waals surface area contributed by atoms with Gasteiger partial charge in [0.25, 0.3) is 0 Å². The van der Waals surface area contributed by atoms with E-state index in [0.29, 0.717) is 49.6 Å². The second kappa shape index (κ2) is 7.27. The van der Waals surface area contributed by atoms with Crippen molar-refractivity contribution < 1.29 is 17.9 Å². The van der Waals surface area contributed by atoms with E-state index in [2.05, 4.69) is 28.7 Å². The molecule has 0 bridgehead atoms. The predicted octanol–water partition coefficient (Wildman–Crippen LogP) is 3.47. The fourth-order valence-electron chi connectivity index (χ4n) is 6.85. The number of sulfonamides is 1. The van der Waals surface area contributed by atoms with Gasteiger partial charge >= 0.3 is 0 Å². The van der Waals surface area contributed by atoms with E-state index in [1.54, 1.807) is 6.07 Å². The van der Waals surface area contributed by atoms with E-state index in [0.717, 1.165) is 19.5 Å². The lowest BCUT2D eigenvalue weighted by atomic mass is 9.86. The van der Waals surface area contributed by atoms with Crippen molar-refractivity contribution >= 4 is 15.7 Å². The SMILES string of the molecule is CCC1(c2cccc(NS(=O)(=O)C3CC3)c2F)C2CN(CC3(O)Cc4ccccc4C3)CC21. The van der Waals surface area contributed by atoms with Crippen molar-refractivity contribution in [3.63, 3.8) is 0 Å². The smallest absolute Gasteiger partial charge is 0.235 e. The molecule has 2 aromatic rings. The van der Waals surface area contributed by atoms with Crippen LogP contribution in [0.3, 0.4) is 0 Å². The molecule has 7 heteroatoms. The topological polar surface area (TPSA) is 69.6 Å². The van der Waals surface area contributed by atoms with Gasteiger partial charge in [-0.15, -0.1) is 0 Å². The van der Waals surface area contributed by atoms with Crippen LogP contribution < -0.4 is 4.72 Å². The molecule has 1 heterocycles. The highest BCUT2D eigenvalue weighted by molar-refractivity contribution is 7.93. The van der Waals surface area contributed by atoms with E-state index in [4.69, 9.17) is 0 Å². The third kappa shape index (κ3) is 3.43. The summed E-state index contributed by atoms with van der Waals surface area (Å²) in [5, 5.41) is 10.9. The Bertz CT molecular complexity index is 1170. The molecule has 2 unspecified atom stereocenters. The summed E-state index contributed by atoms with van der Waals surface area (Å²) in [5.41, 5.74) is 2.21. The van der Waals surface area contributed by atoms with Crippen LogP contribution in [0.2, 0.25) is 0 Å². The minimum Gasteiger partial charge on any atom is -0.388 e. The fraction of sp³-hybridized carbons (Fsp3) is 0.538. The van der Waals surface area contributed by atoms with E-state index in [1.807, 2.05) is 18.2 Å². The van der Waals surface area contributed by atoms with Gasteiger partial charge < -0.3 is 5.11 Å². The number of fused-ring (bicyclic) bond motifs is 2. The summed E-state index contributed by atoms with van der Waals surface area (Å²) < 4.78 is 42.8. The summed E-state index contributed by atoms with van der Waals surface area (Å²) in [7, 11) is -3.51. The van der Waals surface area contributed by atoms with E-state index in [-0.39, 0.29) is 16.4 Å². The first-order chi connectivity index (χ1) is 15.8. The molecular weight excluding hydrogens is 439 g/mol. The number of β-amino-alcohol motifs (C(OH)–C–C–N with tert-alkyl or cyclic N) is 1. The second-order valence-corrected chi connectivity index (χ2v) is 12.6. The standard InChI is InChI=1S/C26H31FN2O3S/c1-2-26(20-8-5-9-23(24(20)27)28-33(31,32)19-10-11-19)21-14-29(15-22(21)26)16-25(30)12-17-6-3-4-7-18(17)13-25/h3-9,19,21-22,28,30H,2,10-16H2,1H3. The van der Waals surface area contributed by atoms with Gasteiger partial charge in [0.1, 0.15) is 0 Å². The van der Waals surface area contributed by atoms with Gasteiger partial charge in [0.15, 0.2) is 5.82 Å². The molecular formula is C26H31FN2O3S. The van der Waals surface area contributed by atoms with Crippen LogP contribution in [-0.4, -0.2) is 48.9 Å². The zero-order valence-electron chi connectivity index (χ0n) is 18.9. The van der Waals surface area contributed by atoms with Crippen molar-refractivity contribution in [1.29, 1.82) is 0 Å². The van der Waals surface area contributed by atoms with Crippen LogP contribution in [0.15, 0.2) is 42.5 Å². The third-order valence-electron chi connectivity index (χ3n) is 8.59. The molecule has 3 fully saturated rings. The molecule has 0 radical (unpaired) electrons. The number of nitrogens with one attached hydrogen (secondary N) is 1. The van der Waals surface area contributed by atoms with Crippen LogP contribution in [0.5, 0.6) is 0 Å². The van der Waals surface area contributed by atoms with Crippen LogP contribution in [0.25, 0.3) is 0 Å². The van der Waals surface area contributed by atoms with Gasteiger partial charge in [0, 0.05) is 37.9 Å². The highest BCUT2D eigenvalue weighted by Gasteiger charge is 2.68. The number of halogens is 1. The Hall–Kier alpha value is -1.96. The van der Waals surface area contributed by atoms with Crippen molar-refractivity contribution in [3.8, 4) is 0 Å². The molecule has 1 saturated heterocycles. The van der Waals surface area contributed by atoms with Crippen molar-refractivity contribution in [2.24, 2.45) is 11.8 Å². The first-order valence-electron chi connectivity index (χ1n) is 12.1. The Morgan fingerprint density at radius 1 is 1.06 bits per heavy atom. The number of likely N-dealkylation sites (tertiary alicyclic amines) is 1. The maximum Gasteiger partial charge on any atom is 0.235 e. The Balaban J connectivity index is 1.18. The molecule has 2 saturated carbocycles. The summed E-state index contributed by atoms with van der Waals surface area (Å²) in [4.78, 5) is 2.34. The van der Waals surface area contributed by atoms with E-state index < -0.39 is 21.4 Å².